The van der Waals surface area contributed by atoms with Crippen LogP contribution in [0.2, 0.25) is 0 Å². The van der Waals surface area contributed by atoms with Crippen LogP contribution in [-0.2, 0) is 0 Å². The number of hydrogen-bond acceptors (Lipinski definition) is 1. The van der Waals surface area contributed by atoms with E-state index in [-0.39, 0.29) is 5.54 Å². The highest BCUT2D eigenvalue weighted by Gasteiger charge is 2.69. The van der Waals surface area contributed by atoms with Crippen LogP contribution >= 0.6 is 0 Å². The smallest absolute Gasteiger partial charge is 0.0269 e. The lowest BCUT2D eigenvalue weighted by molar-refractivity contribution is 0.0563. The lowest BCUT2D eigenvalue weighted by Crippen LogP contribution is -2.51. The topological polar surface area (TPSA) is 26.0 Å². The fourth-order valence-electron chi connectivity index (χ4n) is 3.28. The van der Waals surface area contributed by atoms with Gasteiger partial charge in [-0.1, -0.05) is 27.2 Å². The number of nitrogens with two attached hydrogens (primary N) is 1. The van der Waals surface area contributed by atoms with Gasteiger partial charge in [0.05, 0.1) is 0 Å². The third-order valence-corrected chi connectivity index (χ3v) is 4.74. The zero-order valence-electron chi connectivity index (χ0n) is 8.61. The molecule has 0 spiro atoms. The van der Waals surface area contributed by atoms with Crippen molar-refractivity contribution in [3.63, 3.8) is 0 Å². The van der Waals surface area contributed by atoms with Crippen molar-refractivity contribution in [1.29, 1.82) is 0 Å². The predicted octanol–water partition coefficient (Wildman–Crippen LogP) is 2.69. The van der Waals surface area contributed by atoms with Crippen molar-refractivity contribution in [2.24, 2.45) is 16.6 Å². The minimum atomic E-state index is 0.188. The Bertz CT molecular complexity index is 198. The Hall–Kier alpha value is -0.0400. The van der Waals surface area contributed by atoms with Crippen LogP contribution in [0.1, 0.15) is 52.9 Å². The maximum Gasteiger partial charge on any atom is 0.0269 e. The van der Waals surface area contributed by atoms with Crippen LogP contribution in [0.15, 0.2) is 0 Å². The summed E-state index contributed by atoms with van der Waals surface area (Å²) in [5.74, 6) is 0. The van der Waals surface area contributed by atoms with E-state index in [1.165, 1.54) is 32.1 Å². The minimum Gasteiger partial charge on any atom is -0.324 e. The van der Waals surface area contributed by atoms with Crippen LogP contribution in [-0.4, -0.2) is 5.54 Å². The summed E-state index contributed by atoms with van der Waals surface area (Å²) in [5.41, 5.74) is 7.61. The molecule has 0 bridgehead atoms. The van der Waals surface area contributed by atoms with Crippen molar-refractivity contribution in [1.82, 2.24) is 0 Å². The second-order valence-electron chi connectivity index (χ2n) is 5.52. The fraction of sp³-hybridized carbons (Fsp3) is 1.00. The molecule has 0 aromatic heterocycles. The van der Waals surface area contributed by atoms with Crippen LogP contribution in [0, 0.1) is 10.8 Å². The van der Waals surface area contributed by atoms with Crippen LogP contribution in [0.25, 0.3) is 0 Å². The van der Waals surface area contributed by atoms with Crippen molar-refractivity contribution < 1.29 is 0 Å². The van der Waals surface area contributed by atoms with Gasteiger partial charge in [0.15, 0.2) is 0 Å². The van der Waals surface area contributed by atoms with E-state index in [2.05, 4.69) is 20.8 Å². The second kappa shape index (κ2) is 2.06. The first-order valence-corrected chi connectivity index (χ1v) is 5.26. The molecule has 2 fully saturated rings. The molecule has 0 amide bonds. The molecule has 1 atom stereocenters. The van der Waals surface area contributed by atoms with Gasteiger partial charge in [-0.25, -0.2) is 0 Å². The first-order valence-electron chi connectivity index (χ1n) is 5.26. The van der Waals surface area contributed by atoms with Crippen LogP contribution in [0.3, 0.4) is 0 Å². The Morgan fingerprint density at radius 1 is 1.25 bits per heavy atom. The highest BCUT2D eigenvalue weighted by atomic mass is 15.0. The van der Waals surface area contributed by atoms with Crippen LogP contribution in [0.4, 0.5) is 0 Å². The molecule has 2 rings (SSSR count). The van der Waals surface area contributed by atoms with Gasteiger partial charge in [-0.3, -0.25) is 0 Å². The molecule has 1 unspecified atom stereocenters. The summed E-state index contributed by atoms with van der Waals surface area (Å²) < 4.78 is 0. The van der Waals surface area contributed by atoms with E-state index in [1.54, 1.807) is 0 Å². The second-order valence-corrected chi connectivity index (χ2v) is 5.52. The molecule has 0 aliphatic heterocycles. The highest BCUT2D eigenvalue weighted by molar-refractivity contribution is 5.25. The summed E-state index contributed by atoms with van der Waals surface area (Å²) in [6, 6.07) is 0. The Balaban J connectivity index is 2.19. The zero-order chi connectivity index (χ0) is 9.04. The molecule has 0 aromatic rings. The summed E-state index contributed by atoms with van der Waals surface area (Å²) >= 11 is 0. The van der Waals surface area contributed by atoms with E-state index in [4.69, 9.17) is 5.73 Å². The van der Waals surface area contributed by atoms with Gasteiger partial charge < -0.3 is 5.73 Å². The predicted molar refractivity (Wildman–Crippen MR) is 51.9 cm³/mol. The molecule has 1 heteroatoms. The van der Waals surface area contributed by atoms with Crippen molar-refractivity contribution in [3.05, 3.63) is 0 Å². The Morgan fingerprint density at radius 3 is 1.83 bits per heavy atom. The molecular formula is C11H21N. The molecule has 12 heavy (non-hydrogen) atoms. The van der Waals surface area contributed by atoms with Gasteiger partial charge in [-0.2, -0.15) is 0 Å². The van der Waals surface area contributed by atoms with Crippen molar-refractivity contribution in [2.75, 3.05) is 0 Å². The molecule has 0 aromatic carbocycles. The van der Waals surface area contributed by atoms with E-state index in [0.29, 0.717) is 10.8 Å². The lowest BCUT2D eigenvalue weighted by atomic mass is 9.59. The van der Waals surface area contributed by atoms with E-state index in [1.807, 2.05) is 0 Å². The third kappa shape index (κ3) is 0.736. The summed E-state index contributed by atoms with van der Waals surface area (Å²) in [7, 11) is 0. The number of rotatable bonds is 2. The molecule has 0 saturated heterocycles. The van der Waals surface area contributed by atoms with Crippen molar-refractivity contribution in [3.8, 4) is 0 Å². The highest BCUT2D eigenvalue weighted by Crippen LogP contribution is 2.69. The summed E-state index contributed by atoms with van der Waals surface area (Å²) in [5, 5.41) is 0. The zero-order valence-corrected chi connectivity index (χ0v) is 8.61. The van der Waals surface area contributed by atoms with E-state index >= 15 is 0 Å². The Morgan fingerprint density at radius 2 is 1.75 bits per heavy atom. The van der Waals surface area contributed by atoms with Gasteiger partial charge >= 0.3 is 0 Å². The molecule has 0 heterocycles. The van der Waals surface area contributed by atoms with E-state index in [0.717, 1.165) is 0 Å². The SMILES string of the molecule is CCC1(C2(N)CC2(C)C)CCC1. The molecule has 2 N–H and O–H groups in total. The van der Waals surface area contributed by atoms with Crippen molar-refractivity contribution in [2.45, 2.75) is 58.4 Å². The maximum absolute atomic E-state index is 6.48. The molecule has 2 aliphatic rings. The first-order chi connectivity index (χ1) is 5.47. The Kier molecular flexibility index (Phi) is 1.47. The van der Waals surface area contributed by atoms with Crippen LogP contribution < -0.4 is 5.73 Å². The fourth-order valence-corrected chi connectivity index (χ4v) is 3.28. The van der Waals surface area contributed by atoms with Crippen molar-refractivity contribution >= 4 is 0 Å². The largest absolute Gasteiger partial charge is 0.324 e. The lowest BCUT2D eigenvalue weighted by Gasteiger charge is -2.48. The molecule has 70 valence electrons. The molecule has 0 radical (unpaired) electrons. The van der Waals surface area contributed by atoms with Gasteiger partial charge in [0.2, 0.25) is 0 Å². The average molecular weight is 167 g/mol. The summed E-state index contributed by atoms with van der Waals surface area (Å²) in [4.78, 5) is 0. The molecule has 2 saturated carbocycles. The first kappa shape index (κ1) is 8.55. The van der Waals surface area contributed by atoms with Gasteiger partial charge in [0, 0.05) is 5.54 Å². The molecule has 1 nitrogen and oxygen atoms in total. The summed E-state index contributed by atoms with van der Waals surface area (Å²) in [6.07, 6.45) is 6.69. The molecule has 2 aliphatic carbocycles. The monoisotopic (exact) mass is 167 g/mol. The third-order valence-electron chi connectivity index (χ3n) is 4.74. The van der Waals surface area contributed by atoms with Gasteiger partial charge in [0.1, 0.15) is 0 Å². The van der Waals surface area contributed by atoms with E-state index < -0.39 is 0 Å². The van der Waals surface area contributed by atoms with Gasteiger partial charge in [-0.05, 0) is 36.5 Å². The summed E-state index contributed by atoms with van der Waals surface area (Å²) in [6.45, 7) is 6.95. The quantitative estimate of drug-likeness (QED) is 0.672. The maximum atomic E-state index is 6.48. The standard InChI is InChI=1S/C11H21N/c1-4-10(6-5-7-10)11(12)8-9(11,2)3/h4-8,12H2,1-3H3. The average Bonchev–Trinajstić information content (AvgIpc) is 2.31. The minimum absolute atomic E-state index is 0.188. The number of hydrogen-bond donors (Lipinski definition) is 1. The van der Waals surface area contributed by atoms with Crippen LogP contribution in [0.5, 0.6) is 0 Å². The van der Waals surface area contributed by atoms with Gasteiger partial charge in [-0.15, -0.1) is 0 Å². The molecular weight excluding hydrogens is 146 g/mol. The van der Waals surface area contributed by atoms with Gasteiger partial charge in [0.25, 0.3) is 0 Å². The van der Waals surface area contributed by atoms with E-state index in [9.17, 15) is 0 Å². The Labute approximate surface area is 75.7 Å². The normalized spacial score (nSPS) is 42.0.